The minimum atomic E-state index is -5.65. The first-order valence-electron chi connectivity index (χ1n) is 28.1. The number of aliphatic hydroxyl groups is 5. The summed E-state index contributed by atoms with van der Waals surface area (Å²) in [7, 11) is -16.6. The molecule has 12 unspecified atom stereocenters. The van der Waals surface area contributed by atoms with Crippen LogP contribution < -0.4 is 37.1 Å². The van der Waals surface area contributed by atoms with Crippen molar-refractivity contribution >= 4 is 75.1 Å². The van der Waals surface area contributed by atoms with Gasteiger partial charge in [-0.25, -0.2) is 33.4 Å². The molecule has 504 valence electrons. The summed E-state index contributed by atoms with van der Waals surface area (Å²) in [5, 5.41) is 79.1. The van der Waals surface area contributed by atoms with Gasteiger partial charge in [-0.1, -0.05) is 81.8 Å². The van der Waals surface area contributed by atoms with Crippen molar-refractivity contribution in [2.75, 3.05) is 50.9 Å². The number of phosphoric ester groups is 3. The van der Waals surface area contributed by atoms with Crippen LogP contribution >= 0.6 is 35.2 Å². The number of imidazole rings is 1. The van der Waals surface area contributed by atoms with Gasteiger partial charge in [0.25, 0.3) is 0 Å². The van der Waals surface area contributed by atoms with Gasteiger partial charge in [0, 0.05) is 30.7 Å². The molecule has 3 heterocycles. The summed E-state index contributed by atoms with van der Waals surface area (Å²) in [4.78, 5) is 102. The number of hydrogen-bond acceptors (Lipinski definition) is 27. The van der Waals surface area contributed by atoms with Crippen LogP contribution in [0.15, 0.2) is 61.2 Å². The highest BCUT2D eigenvalue weighted by atomic mass is 32.2. The summed E-state index contributed by atoms with van der Waals surface area (Å²) in [6, 6.07) is 11.7. The van der Waals surface area contributed by atoms with Crippen molar-refractivity contribution in [3.8, 4) is 5.75 Å². The zero-order valence-electron chi connectivity index (χ0n) is 50.0. The molecule has 90 heavy (non-hydrogen) atoms. The number of unbranched alkanes of at least 4 members (excludes halogenated alkanes) is 2. The predicted octanol–water partition coefficient (Wildman–Crippen LogP) is 0.651. The number of fused-ring (bicyclic) bond motifs is 1. The number of nitrogen functional groups attached to an aromatic ring is 1. The topological polar surface area (TPSA) is 516 Å². The van der Waals surface area contributed by atoms with Gasteiger partial charge in [0.2, 0.25) is 23.3 Å². The van der Waals surface area contributed by atoms with Gasteiger partial charge < -0.3 is 80.8 Å². The first kappa shape index (κ1) is 75.7. The summed E-state index contributed by atoms with van der Waals surface area (Å²) >= 11 is 0.774. The summed E-state index contributed by atoms with van der Waals surface area (Å²) in [6.07, 6.45) is -8.61. The Hall–Kier alpha value is -5.01. The van der Waals surface area contributed by atoms with Gasteiger partial charge in [-0.3, -0.25) is 48.5 Å². The van der Waals surface area contributed by atoms with Gasteiger partial charge in [-0.05, 0) is 69.8 Å². The maximum absolute atomic E-state index is 12.9. The van der Waals surface area contributed by atoms with Crippen LogP contribution in [-0.2, 0) is 68.3 Å². The second kappa shape index (κ2) is 34.2. The number of phosphoric acid groups is 3. The molecule has 0 aliphatic carbocycles. The second-order valence-electron chi connectivity index (χ2n) is 22.3. The van der Waals surface area contributed by atoms with Crippen LogP contribution in [0.3, 0.4) is 0 Å². The fraction of sp³-hybridized carbons (Fsp3) is 0.596. The monoisotopic (exact) mass is 1350 g/mol. The Morgan fingerprint density at radius 2 is 1.51 bits per heavy atom. The Morgan fingerprint density at radius 1 is 0.833 bits per heavy atom. The van der Waals surface area contributed by atoms with Crippen molar-refractivity contribution in [1.82, 2.24) is 46.1 Å². The van der Waals surface area contributed by atoms with Gasteiger partial charge in [-0.15, -0.1) is 0 Å². The summed E-state index contributed by atoms with van der Waals surface area (Å²) < 4.78 is 74.0. The lowest BCUT2D eigenvalue weighted by molar-refractivity contribution is -0.190. The normalized spacial score (nSPS) is 19.9. The highest BCUT2D eigenvalue weighted by Gasteiger charge is 2.50. The summed E-state index contributed by atoms with van der Waals surface area (Å²) in [6.45, 7) is 7.13. The Morgan fingerprint density at radius 3 is 2.18 bits per heavy atom. The number of nitrogens with two attached hydrogens (primary N) is 1. The van der Waals surface area contributed by atoms with Crippen LogP contribution in [0.5, 0.6) is 5.75 Å². The summed E-state index contributed by atoms with van der Waals surface area (Å²) in [5.41, 5.74) is 4.38. The van der Waals surface area contributed by atoms with Crippen LogP contribution in [0.4, 0.5) is 5.82 Å². The predicted molar refractivity (Wildman–Crippen MR) is 320 cm³/mol. The van der Waals surface area contributed by atoms with Gasteiger partial charge in [-0.2, -0.15) is 4.31 Å². The molecule has 12 atom stereocenters. The van der Waals surface area contributed by atoms with Crippen molar-refractivity contribution in [3.05, 3.63) is 77.9 Å². The molecule has 0 bridgehead atoms. The van der Waals surface area contributed by atoms with E-state index in [9.17, 15) is 83.1 Å². The Balaban J connectivity index is 1.05. The number of hydrogen-bond donors (Lipinski definition) is 16. The van der Waals surface area contributed by atoms with Crippen molar-refractivity contribution in [2.45, 2.75) is 147 Å². The molecule has 4 aromatic rings. The van der Waals surface area contributed by atoms with Crippen LogP contribution in [0.1, 0.15) is 94.9 Å². The first-order chi connectivity index (χ1) is 42.1. The number of thioether (sulfide) groups is 1. The molecule has 1 fully saturated rings. The van der Waals surface area contributed by atoms with E-state index in [2.05, 4.69) is 50.4 Å². The van der Waals surface area contributed by atoms with E-state index >= 15 is 0 Å². The largest absolute Gasteiger partial charge is 0.484 e. The van der Waals surface area contributed by atoms with E-state index in [1.807, 2.05) is 37.3 Å². The number of aromatic nitrogens is 4. The maximum atomic E-state index is 12.9. The highest BCUT2D eigenvalue weighted by Crippen LogP contribution is 2.61. The number of carbonyl (C=O) groups excluding carboxylic acids is 3. The van der Waals surface area contributed by atoms with E-state index in [1.54, 1.807) is 26.8 Å². The molecule has 0 radical (unpaired) electrons. The van der Waals surface area contributed by atoms with Crippen LogP contribution in [0.2, 0.25) is 0 Å². The number of nitrogens with one attached hydrogen (secondary N) is 5. The lowest BCUT2D eigenvalue weighted by Crippen LogP contribution is -2.60. The number of aromatic carboxylic acids is 1. The SMILES string of the molecule is CCCCCNC(O)C(Cc1ccc(OCC(=O)SCCNC(=O)CCNC(=O)C(O)C(C)(C)COP(=O)(O)OP(=O)(O)OCC2OC(n3cnc4c(N)ncnc43)C(O)C2OP(=O)(O)O)c(C(=O)O)c1)NC(O)C(Cc1ccccc1)NC(O)OC(C)(C)C. The quantitative estimate of drug-likeness (QED) is 0.0166. The standard InChI is InChI=1S/C52H81N10O24P3S/c1-7-8-12-18-55-45(67)33(60-46(68)34(23-30-13-10-9-11-14-30)61-50(72)84-51(2,3)4)24-31-15-16-35(32(22-31)49(70)71)80-26-38(64)90-21-20-54-37(63)17-19-56-47(69)42(66)52(5,6)27-82-89(78,79)86-88(76,77)81-25-36-41(85-87(73,74)75)40(65)48(83-36)62-29-59-39-43(53)57-28-58-44(39)62/h9-11,13-16,22,28-29,33-34,36,40-42,45-46,48,50,55,60-61,65-68,72H,7-8,12,17-21,23-27H2,1-6H3,(H,54,63)(H,56,69)(H,70,71)(H,76,77)(H,78,79)(H2,53,57,58)(H2,73,74,75). The molecule has 38 heteroatoms. The third-order valence-corrected chi connectivity index (χ3v) is 17.2. The number of amides is 2. The van der Waals surface area contributed by atoms with Crippen molar-refractivity contribution in [3.63, 3.8) is 0 Å². The summed E-state index contributed by atoms with van der Waals surface area (Å²) in [5.74, 6) is -3.16. The van der Waals surface area contributed by atoms with Gasteiger partial charge in [0.15, 0.2) is 24.3 Å². The number of carboxylic acid groups (broad SMARTS) is 1. The molecule has 1 aliphatic rings. The highest BCUT2D eigenvalue weighted by molar-refractivity contribution is 8.13. The Bertz CT molecular complexity index is 3150. The number of nitrogens with zero attached hydrogens (tertiary/aromatic N) is 4. The molecule has 5 rings (SSSR count). The molecule has 2 aromatic carbocycles. The first-order valence-corrected chi connectivity index (χ1v) is 33.6. The number of anilines is 1. The molecule has 0 spiro atoms. The molecule has 0 saturated carbocycles. The van der Waals surface area contributed by atoms with Crippen molar-refractivity contribution in [1.29, 1.82) is 0 Å². The van der Waals surface area contributed by atoms with E-state index in [4.69, 9.17) is 29.0 Å². The Kier molecular flexibility index (Phi) is 28.8. The van der Waals surface area contributed by atoms with Crippen molar-refractivity contribution < 1.29 is 115 Å². The molecule has 17 N–H and O–H groups in total. The van der Waals surface area contributed by atoms with Crippen molar-refractivity contribution in [2.24, 2.45) is 5.41 Å². The van der Waals surface area contributed by atoms with Gasteiger partial charge in [0.05, 0.1) is 37.2 Å². The smallest absolute Gasteiger partial charge is 0.481 e. The number of benzene rings is 2. The lowest BCUT2D eigenvalue weighted by Gasteiger charge is -2.34. The molecular weight excluding hydrogens is 1270 g/mol. The van der Waals surface area contributed by atoms with Crippen LogP contribution in [0.25, 0.3) is 11.2 Å². The number of ether oxygens (including phenoxy) is 3. The number of rotatable bonds is 39. The minimum Gasteiger partial charge on any atom is -0.484 e. The molecule has 1 aliphatic heterocycles. The van der Waals surface area contributed by atoms with E-state index in [-0.39, 0.29) is 66.4 Å². The average Bonchev–Trinajstić information content (AvgIpc) is 1.63. The van der Waals surface area contributed by atoms with E-state index in [0.29, 0.717) is 12.1 Å². The fourth-order valence-corrected chi connectivity index (χ4v) is 12.2. The van der Waals surface area contributed by atoms with E-state index in [0.717, 1.165) is 53.8 Å². The number of carbonyl (C=O) groups is 4. The fourth-order valence-electron chi connectivity index (χ4n) is 8.77. The average molecular weight is 1360 g/mol. The van der Waals surface area contributed by atoms with Crippen LogP contribution in [0, 0.1) is 5.41 Å². The molecule has 34 nitrogen and oxygen atoms in total. The third-order valence-electron chi connectivity index (χ3n) is 13.2. The molecule has 2 aromatic heterocycles. The Labute approximate surface area is 521 Å². The molecule has 2 amide bonds. The number of carboxylic acids is 1. The van der Waals surface area contributed by atoms with E-state index in [1.165, 1.54) is 26.0 Å². The van der Waals surface area contributed by atoms with Gasteiger partial charge >= 0.3 is 29.4 Å². The lowest BCUT2D eigenvalue weighted by atomic mass is 9.87. The van der Waals surface area contributed by atoms with E-state index < -0.39 is 139 Å². The maximum Gasteiger partial charge on any atom is 0.481 e. The molecular formula is C52H81N10O24P3S. The van der Waals surface area contributed by atoms with Gasteiger partial charge in [0.1, 0.15) is 60.0 Å². The second-order valence-corrected chi connectivity index (χ2v) is 27.7. The molecule has 1 saturated heterocycles. The van der Waals surface area contributed by atoms with Crippen LogP contribution in [-0.4, -0.2) is 199 Å². The zero-order chi connectivity index (χ0) is 66.8. The minimum absolute atomic E-state index is 0.000532. The number of aliphatic hydroxyl groups excluding tert-OH is 5. The zero-order valence-corrected chi connectivity index (χ0v) is 53.5. The third kappa shape index (κ3) is 24.8.